The van der Waals surface area contributed by atoms with Gasteiger partial charge < -0.3 is 14.8 Å². The zero-order valence-electron chi connectivity index (χ0n) is 25.0. The molecule has 4 bridgehead atoms. The minimum Gasteiger partial charge on any atom is -0.369 e. The van der Waals surface area contributed by atoms with Crippen LogP contribution >= 0.6 is 0 Å². The molecule has 1 aromatic carbocycles. The molecule has 42 heavy (non-hydrogen) atoms. The molecule has 2 saturated carbocycles. The largest absolute Gasteiger partial charge is 0.369 e. The van der Waals surface area contributed by atoms with Crippen molar-refractivity contribution in [2.75, 3.05) is 28.5 Å². The van der Waals surface area contributed by atoms with Gasteiger partial charge in [0.1, 0.15) is 5.78 Å². The Kier molecular flexibility index (Phi) is 7.06. The highest BCUT2D eigenvalue weighted by Gasteiger charge is 2.65. The van der Waals surface area contributed by atoms with Gasteiger partial charge in [0, 0.05) is 55.3 Å². The summed E-state index contributed by atoms with van der Waals surface area (Å²) in [6, 6.07) is 10.6. The van der Waals surface area contributed by atoms with Crippen molar-refractivity contribution in [1.82, 2.24) is 9.88 Å². The van der Waals surface area contributed by atoms with E-state index in [1.54, 1.807) is 24.3 Å². The molecule has 0 radical (unpaired) electrons. The third-order valence-corrected chi connectivity index (χ3v) is 12.3. The summed E-state index contributed by atoms with van der Waals surface area (Å²) in [6.45, 7) is 9.91. The first kappa shape index (κ1) is 29.0. The van der Waals surface area contributed by atoms with E-state index in [0.717, 1.165) is 25.0 Å². The normalized spacial score (nSPS) is 28.3. The number of carbonyl (C=O) groups is 2. The maximum atomic E-state index is 13.9. The van der Waals surface area contributed by atoms with E-state index in [4.69, 9.17) is 0 Å². The van der Waals surface area contributed by atoms with Gasteiger partial charge in [-0.3, -0.25) is 19.1 Å². The van der Waals surface area contributed by atoms with Crippen molar-refractivity contribution in [2.24, 2.45) is 22.7 Å². The Balaban J connectivity index is 1.34. The molecule has 6 rings (SSSR count). The molecular weight excluding hydrogens is 552 g/mol. The predicted molar refractivity (Wildman–Crippen MR) is 163 cm³/mol. The van der Waals surface area contributed by atoms with Crippen molar-refractivity contribution >= 4 is 33.1 Å². The van der Waals surface area contributed by atoms with Crippen LogP contribution in [0.5, 0.6) is 0 Å². The van der Waals surface area contributed by atoms with E-state index < -0.39 is 15.4 Å². The second-order valence-corrected chi connectivity index (χ2v) is 15.4. The Bertz CT molecular complexity index is 1600. The van der Waals surface area contributed by atoms with Gasteiger partial charge in [0.2, 0.25) is 10.0 Å². The zero-order valence-corrected chi connectivity index (χ0v) is 25.8. The second kappa shape index (κ2) is 10.2. The SMILES string of the molecule is CCC(C)NC(=O)c1ccc(N2CC3CC(C2)c2cccc(=O)n2C3)c(NS(=O)(=O)CC23CCC(CC2=O)C3(C)C)c1. The summed E-state index contributed by atoms with van der Waals surface area (Å²) >= 11 is 0. The van der Waals surface area contributed by atoms with Gasteiger partial charge in [-0.15, -0.1) is 0 Å². The minimum atomic E-state index is -3.94. The maximum Gasteiger partial charge on any atom is 0.251 e. The molecule has 2 aliphatic heterocycles. The maximum absolute atomic E-state index is 13.9. The minimum absolute atomic E-state index is 0.0127. The highest BCUT2D eigenvalue weighted by Crippen LogP contribution is 2.64. The Morgan fingerprint density at radius 1 is 1.12 bits per heavy atom. The number of anilines is 2. The standard InChI is InChI=1S/C32H42N4O5S/c1-5-20(2)33-30(39)22-9-10-27(35-16-21-13-23(18-35)26-7-6-8-29(38)36(26)17-21)25(14-22)34-42(40,41)19-32-12-11-24(15-28(32)37)31(32,3)4/h6-10,14,20-21,23-24,34H,5,11-13,15-19H2,1-4H3,(H,33,39). The number of aromatic nitrogens is 1. The van der Waals surface area contributed by atoms with Crippen molar-refractivity contribution in [2.45, 2.75) is 78.3 Å². The van der Waals surface area contributed by atoms with Gasteiger partial charge >= 0.3 is 0 Å². The van der Waals surface area contributed by atoms with Crippen LogP contribution in [0.2, 0.25) is 0 Å². The Labute approximate surface area is 248 Å². The van der Waals surface area contributed by atoms with Crippen LogP contribution in [-0.4, -0.2) is 49.6 Å². The lowest BCUT2D eigenvalue weighted by Crippen LogP contribution is -2.47. The number of piperidine rings is 1. The van der Waals surface area contributed by atoms with Gasteiger partial charge in [0.25, 0.3) is 11.5 Å². The summed E-state index contributed by atoms with van der Waals surface area (Å²) in [5, 5.41) is 2.97. The molecule has 226 valence electrons. The van der Waals surface area contributed by atoms with Crippen molar-refractivity contribution in [1.29, 1.82) is 0 Å². The second-order valence-electron chi connectivity index (χ2n) is 13.6. The van der Waals surface area contributed by atoms with E-state index >= 15 is 0 Å². The van der Waals surface area contributed by atoms with Gasteiger partial charge in [0.15, 0.2) is 0 Å². The number of amides is 1. The Morgan fingerprint density at radius 3 is 2.60 bits per heavy atom. The first-order chi connectivity index (χ1) is 19.8. The fraction of sp³-hybridized carbons (Fsp3) is 0.594. The molecule has 5 atom stereocenters. The lowest BCUT2D eigenvalue weighted by atomic mass is 9.70. The van der Waals surface area contributed by atoms with Crippen LogP contribution in [0, 0.1) is 22.7 Å². The predicted octanol–water partition coefficient (Wildman–Crippen LogP) is 4.14. The number of fused-ring (bicyclic) bond motifs is 6. The molecule has 1 amide bonds. The number of hydrogen-bond acceptors (Lipinski definition) is 6. The molecule has 2 N–H and O–H groups in total. The lowest BCUT2D eigenvalue weighted by molar-refractivity contribution is -0.128. The van der Waals surface area contributed by atoms with Crippen molar-refractivity contribution in [3.8, 4) is 0 Å². The van der Waals surface area contributed by atoms with Crippen LogP contribution in [0.4, 0.5) is 11.4 Å². The molecule has 4 aliphatic rings. The Hall–Kier alpha value is -3.14. The third-order valence-electron chi connectivity index (χ3n) is 10.9. The fourth-order valence-corrected chi connectivity index (χ4v) is 10.1. The van der Waals surface area contributed by atoms with E-state index in [1.165, 1.54) is 0 Å². The van der Waals surface area contributed by atoms with Gasteiger partial charge in [-0.05, 0) is 74.1 Å². The molecule has 10 heteroatoms. The van der Waals surface area contributed by atoms with Gasteiger partial charge in [-0.25, -0.2) is 8.42 Å². The van der Waals surface area contributed by atoms with E-state index in [9.17, 15) is 22.8 Å². The first-order valence-electron chi connectivity index (χ1n) is 15.3. The number of benzene rings is 1. The summed E-state index contributed by atoms with van der Waals surface area (Å²) in [7, 11) is -3.94. The quantitative estimate of drug-likeness (QED) is 0.475. The van der Waals surface area contributed by atoms with Crippen molar-refractivity contribution in [3.05, 3.63) is 58.0 Å². The van der Waals surface area contributed by atoms with Crippen LogP contribution in [0.1, 0.15) is 81.8 Å². The van der Waals surface area contributed by atoms with Crippen LogP contribution in [0.15, 0.2) is 41.2 Å². The number of nitrogens with zero attached hydrogens (tertiary/aromatic N) is 2. The number of nitrogens with one attached hydrogen (secondary N) is 2. The summed E-state index contributed by atoms with van der Waals surface area (Å²) in [5.41, 5.74) is 1.18. The van der Waals surface area contributed by atoms with Gasteiger partial charge in [-0.2, -0.15) is 0 Å². The van der Waals surface area contributed by atoms with Crippen molar-refractivity contribution < 1.29 is 18.0 Å². The van der Waals surface area contributed by atoms with E-state index in [-0.39, 0.29) is 52.2 Å². The molecule has 3 heterocycles. The number of carbonyl (C=O) groups excluding carboxylic acids is 2. The van der Waals surface area contributed by atoms with Crippen LogP contribution in [-0.2, 0) is 21.4 Å². The van der Waals surface area contributed by atoms with Gasteiger partial charge in [-0.1, -0.05) is 26.8 Å². The lowest BCUT2D eigenvalue weighted by Gasteiger charge is -2.44. The molecule has 1 saturated heterocycles. The number of rotatable bonds is 8. The Morgan fingerprint density at radius 2 is 1.90 bits per heavy atom. The summed E-state index contributed by atoms with van der Waals surface area (Å²) in [5.74, 6) is 0.118. The van der Waals surface area contributed by atoms with Crippen LogP contribution in [0.25, 0.3) is 0 Å². The molecule has 0 spiro atoms. The monoisotopic (exact) mass is 594 g/mol. The molecule has 2 aliphatic carbocycles. The van der Waals surface area contributed by atoms with Crippen LogP contribution in [0.3, 0.4) is 0 Å². The summed E-state index contributed by atoms with van der Waals surface area (Å²) in [6.07, 6.45) is 3.64. The average molecular weight is 595 g/mol. The first-order valence-corrected chi connectivity index (χ1v) is 16.9. The number of sulfonamides is 1. The van der Waals surface area contributed by atoms with E-state index in [1.807, 2.05) is 44.4 Å². The number of hydrogen-bond donors (Lipinski definition) is 2. The van der Waals surface area contributed by atoms with Gasteiger partial charge in [0.05, 0.1) is 22.5 Å². The summed E-state index contributed by atoms with van der Waals surface area (Å²) < 4.78 is 32.5. The highest BCUT2D eigenvalue weighted by molar-refractivity contribution is 7.92. The van der Waals surface area contributed by atoms with Crippen molar-refractivity contribution in [3.63, 3.8) is 0 Å². The molecule has 2 aromatic rings. The zero-order chi connectivity index (χ0) is 30.0. The van der Waals surface area contributed by atoms with Crippen LogP contribution < -0.4 is 20.5 Å². The third kappa shape index (κ3) is 4.75. The van der Waals surface area contributed by atoms with E-state index in [0.29, 0.717) is 49.4 Å². The number of ketones is 1. The molecule has 5 unspecified atom stereocenters. The highest BCUT2D eigenvalue weighted by atomic mass is 32.2. The fourth-order valence-electron chi connectivity index (χ4n) is 8.17. The smallest absolute Gasteiger partial charge is 0.251 e. The van der Waals surface area contributed by atoms with E-state index in [2.05, 4.69) is 14.9 Å². The molecule has 1 aromatic heterocycles. The summed E-state index contributed by atoms with van der Waals surface area (Å²) in [4.78, 5) is 40.9. The molecule has 9 nitrogen and oxygen atoms in total. The number of Topliss-reactive ketones (excluding diaryl/α,β-unsaturated/α-hetero) is 1. The molecule has 3 fully saturated rings. The average Bonchev–Trinajstić information content (AvgIpc) is 3.27. The topological polar surface area (TPSA) is 118 Å². The molecular formula is C32H42N4O5S. The number of pyridine rings is 1.